The molecule has 2 rings (SSSR count). The number of hydrogen-bond donors (Lipinski definition) is 2. The topological polar surface area (TPSA) is 75.5 Å². The van der Waals surface area contributed by atoms with Crippen LogP contribution in [0.25, 0.3) is 0 Å². The first-order chi connectivity index (χ1) is 9.03. The predicted molar refractivity (Wildman–Crippen MR) is 77.4 cm³/mol. The zero-order valence-electron chi connectivity index (χ0n) is 9.71. The van der Waals surface area contributed by atoms with E-state index in [-0.39, 0.29) is 5.88 Å². The average Bonchev–Trinajstić information content (AvgIpc) is 2.37. The summed E-state index contributed by atoms with van der Waals surface area (Å²) in [4.78, 5) is 18.0. The molecule has 19 heavy (non-hydrogen) atoms. The van der Waals surface area contributed by atoms with Crippen molar-refractivity contribution in [1.29, 1.82) is 0 Å². The summed E-state index contributed by atoms with van der Waals surface area (Å²) >= 11 is 5.87. The standard InChI is InChI=1S/C11H11N2O3PS2/c14-17(15,18)16-10-6-7-11(13-12-10)19-8-9-4-2-1-3-5-9/h1-7H,8H2,(H2,14,15,18). The normalized spacial score (nSPS) is 11.3. The van der Waals surface area contributed by atoms with Gasteiger partial charge in [0.15, 0.2) is 0 Å². The van der Waals surface area contributed by atoms with Crippen molar-refractivity contribution in [3.63, 3.8) is 0 Å². The molecule has 0 spiro atoms. The molecule has 1 aromatic carbocycles. The van der Waals surface area contributed by atoms with Crippen LogP contribution in [0.4, 0.5) is 0 Å². The second-order valence-electron chi connectivity index (χ2n) is 3.57. The van der Waals surface area contributed by atoms with E-state index in [1.54, 1.807) is 6.07 Å². The zero-order valence-corrected chi connectivity index (χ0v) is 12.2. The van der Waals surface area contributed by atoms with Crippen molar-refractivity contribution in [3.8, 4) is 5.88 Å². The van der Waals surface area contributed by atoms with Gasteiger partial charge in [0, 0.05) is 23.6 Å². The lowest BCUT2D eigenvalue weighted by Gasteiger charge is -2.08. The van der Waals surface area contributed by atoms with Crippen molar-refractivity contribution in [2.24, 2.45) is 0 Å². The number of rotatable bonds is 5. The number of nitrogens with zero attached hydrogens (tertiary/aromatic N) is 2. The van der Waals surface area contributed by atoms with Crippen LogP contribution in [0, 0.1) is 0 Å². The fraction of sp³-hybridized carbons (Fsp3) is 0.0909. The van der Waals surface area contributed by atoms with Crippen LogP contribution in [-0.4, -0.2) is 20.0 Å². The Bertz CT molecular complexity index is 574. The van der Waals surface area contributed by atoms with Crippen molar-refractivity contribution in [2.45, 2.75) is 10.8 Å². The van der Waals surface area contributed by atoms with Crippen LogP contribution in [-0.2, 0) is 17.6 Å². The van der Waals surface area contributed by atoms with Crippen LogP contribution in [0.15, 0.2) is 47.5 Å². The molecule has 0 fully saturated rings. The number of hydrogen-bond acceptors (Lipinski definition) is 5. The molecule has 0 aliphatic heterocycles. The summed E-state index contributed by atoms with van der Waals surface area (Å²) in [5.74, 6) is 0.797. The van der Waals surface area contributed by atoms with Crippen molar-refractivity contribution in [3.05, 3.63) is 48.0 Å². The van der Waals surface area contributed by atoms with Gasteiger partial charge < -0.3 is 14.3 Å². The fourth-order valence-electron chi connectivity index (χ4n) is 1.29. The Morgan fingerprint density at radius 1 is 1.11 bits per heavy atom. The van der Waals surface area contributed by atoms with Gasteiger partial charge in [-0.3, -0.25) is 0 Å². The Hall–Kier alpha value is -0.980. The minimum Gasteiger partial charge on any atom is -0.404 e. The first-order valence-corrected chi connectivity index (χ1v) is 8.90. The maximum absolute atomic E-state index is 8.98. The maximum Gasteiger partial charge on any atom is 0.376 e. The molecule has 0 atom stereocenters. The smallest absolute Gasteiger partial charge is 0.376 e. The highest BCUT2D eigenvalue weighted by Crippen LogP contribution is 2.36. The van der Waals surface area contributed by atoms with Crippen LogP contribution in [0.2, 0.25) is 0 Å². The molecule has 0 radical (unpaired) electrons. The van der Waals surface area contributed by atoms with E-state index in [2.05, 4.69) is 26.5 Å². The molecule has 0 bridgehead atoms. The monoisotopic (exact) mass is 314 g/mol. The molecule has 1 heterocycles. The molecule has 0 saturated heterocycles. The minimum atomic E-state index is -3.74. The first-order valence-electron chi connectivity index (χ1n) is 5.28. The molecular weight excluding hydrogens is 303 g/mol. The Morgan fingerprint density at radius 3 is 2.42 bits per heavy atom. The lowest BCUT2D eigenvalue weighted by atomic mass is 10.2. The van der Waals surface area contributed by atoms with E-state index in [1.165, 1.54) is 23.4 Å². The fourth-order valence-corrected chi connectivity index (χ4v) is 2.63. The van der Waals surface area contributed by atoms with E-state index < -0.39 is 6.72 Å². The summed E-state index contributed by atoms with van der Waals surface area (Å²) < 4.78 is 4.67. The molecular formula is C11H11N2O3PS2. The summed E-state index contributed by atoms with van der Waals surface area (Å²) in [6.07, 6.45) is 0. The first kappa shape index (κ1) is 14.4. The number of aromatic nitrogens is 2. The van der Waals surface area contributed by atoms with Crippen LogP contribution >= 0.6 is 18.5 Å². The average molecular weight is 314 g/mol. The van der Waals surface area contributed by atoms with Gasteiger partial charge in [0.25, 0.3) is 0 Å². The van der Waals surface area contributed by atoms with Crippen molar-refractivity contribution >= 4 is 30.3 Å². The van der Waals surface area contributed by atoms with E-state index >= 15 is 0 Å². The molecule has 0 saturated carbocycles. The van der Waals surface area contributed by atoms with E-state index in [4.69, 9.17) is 9.79 Å². The quantitative estimate of drug-likeness (QED) is 0.648. The summed E-state index contributed by atoms with van der Waals surface area (Å²) in [6.45, 7) is -3.74. The predicted octanol–water partition coefficient (Wildman–Crippen LogP) is 2.36. The van der Waals surface area contributed by atoms with Gasteiger partial charge in [-0.05, 0) is 11.6 Å². The maximum atomic E-state index is 8.98. The highest BCUT2D eigenvalue weighted by Gasteiger charge is 2.11. The third-order valence-electron chi connectivity index (χ3n) is 2.06. The minimum absolute atomic E-state index is 0.0115. The van der Waals surface area contributed by atoms with Gasteiger partial charge in [-0.25, -0.2) is 0 Å². The molecule has 2 N–H and O–H groups in total. The molecule has 0 aliphatic rings. The van der Waals surface area contributed by atoms with Crippen molar-refractivity contribution in [2.75, 3.05) is 0 Å². The van der Waals surface area contributed by atoms with Gasteiger partial charge >= 0.3 is 6.72 Å². The Balaban J connectivity index is 1.94. The van der Waals surface area contributed by atoms with Crippen molar-refractivity contribution < 1.29 is 14.3 Å². The second kappa shape index (κ2) is 6.45. The molecule has 2 aromatic rings. The Labute approximate surface area is 119 Å². The summed E-state index contributed by atoms with van der Waals surface area (Å²) in [7, 11) is 0. The third kappa shape index (κ3) is 5.26. The van der Waals surface area contributed by atoms with E-state index in [0.29, 0.717) is 0 Å². The SMILES string of the molecule is OP(O)(=S)Oc1ccc(SCc2ccccc2)nn1. The van der Waals surface area contributed by atoms with Gasteiger partial charge in [0.1, 0.15) is 5.03 Å². The lowest BCUT2D eigenvalue weighted by Crippen LogP contribution is -1.94. The summed E-state index contributed by atoms with van der Waals surface area (Å²) in [5, 5.41) is 8.36. The molecule has 100 valence electrons. The summed E-state index contributed by atoms with van der Waals surface area (Å²) in [5.41, 5.74) is 1.19. The highest BCUT2D eigenvalue weighted by molar-refractivity contribution is 8.06. The van der Waals surface area contributed by atoms with E-state index in [1.807, 2.05) is 30.3 Å². The largest absolute Gasteiger partial charge is 0.404 e. The van der Waals surface area contributed by atoms with Gasteiger partial charge in [-0.15, -0.1) is 10.2 Å². The Morgan fingerprint density at radius 2 is 1.84 bits per heavy atom. The number of benzene rings is 1. The van der Waals surface area contributed by atoms with E-state index in [0.717, 1.165) is 10.8 Å². The van der Waals surface area contributed by atoms with Crippen LogP contribution < -0.4 is 4.52 Å². The molecule has 0 amide bonds. The van der Waals surface area contributed by atoms with Gasteiger partial charge in [0.05, 0.1) is 0 Å². The van der Waals surface area contributed by atoms with Gasteiger partial charge in [-0.1, -0.05) is 42.1 Å². The molecule has 0 aliphatic carbocycles. The summed E-state index contributed by atoms with van der Waals surface area (Å²) in [6, 6.07) is 13.2. The van der Waals surface area contributed by atoms with Gasteiger partial charge in [0.2, 0.25) is 5.88 Å². The van der Waals surface area contributed by atoms with E-state index in [9.17, 15) is 0 Å². The lowest BCUT2D eigenvalue weighted by molar-refractivity contribution is 0.362. The van der Waals surface area contributed by atoms with Crippen LogP contribution in [0.3, 0.4) is 0 Å². The third-order valence-corrected chi connectivity index (χ3v) is 3.70. The highest BCUT2D eigenvalue weighted by atomic mass is 32.5. The molecule has 0 unspecified atom stereocenters. The zero-order chi connectivity index (χ0) is 13.7. The molecule has 5 nitrogen and oxygen atoms in total. The second-order valence-corrected chi connectivity index (χ2v) is 7.15. The van der Waals surface area contributed by atoms with Crippen molar-refractivity contribution in [1.82, 2.24) is 10.2 Å². The van der Waals surface area contributed by atoms with Crippen LogP contribution in [0.1, 0.15) is 5.56 Å². The Kier molecular flexibility index (Phi) is 4.90. The molecule has 1 aromatic heterocycles. The van der Waals surface area contributed by atoms with Gasteiger partial charge in [-0.2, -0.15) is 0 Å². The number of thioether (sulfide) groups is 1. The molecule has 8 heteroatoms. The van der Waals surface area contributed by atoms with Crippen LogP contribution in [0.5, 0.6) is 5.88 Å².